The van der Waals surface area contributed by atoms with Crippen LogP contribution in [-0.2, 0) is 9.53 Å². The summed E-state index contributed by atoms with van der Waals surface area (Å²) in [6.45, 7) is 10.2. The van der Waals surface area contributed by atoms with Gasteiger partial charge in [0.25, 0.3) is 0 Å². The highest BCUT2D eigenvalue weighted by molar-refractivity contribution is 5.90. The van der Waals surface area contributed by atoms with Crippen molar-refractivity contribution in [2.75, 3.05) is 0 Å². The second kappa shape index (κ2) is 3.70. The maximum Gasteiger partial charge on any atom is 0.334 e. The summed E-state index contributed by atoms with van der Waals surface area (Å²) in [5.41, 5.74) is 1.77. The number of hydrogen-bond donors (Lipinski definition) is 1. The maximum absolute atomic E-state index is 11.6. The van der Waals surface area contributed by atoms with Crippen LogP contribution in [0.1, 0.15) is 32.6 Å². The number of aliphatic hydroxyl groups is 1. The lowest BCUT2D eigenvalue weighted by atomic mass is 9.55. The van der Waals surface area contributed by atoms with Crippen LogP contribution in [0, 0.1) is 17.3 Å². The maximum atomic E-state index is 11.6. The molecule has 0 aromatic rings. The first-order valence-electron chi connectivity index (χ1n) is 6.66. The molecular formula is C15H20O3. The smallest absolute Gasteiger partial charge is 0.334 e. The summed E-state index contributed by atoms with van der Waals surface area (Å²) in [4.78, 5) is 11.6. The molecule has 0 aromatic carbocycles. The van der Waals surface area contributed by atoms with Gasteiger partial charge in [-0.1, -0.05) is 25.7 Å². The number of fused-ring (bicyclic) bond motifs is 2. The fraction of sp³-hybridized carbons (Fsp3) is 0.667. The van der Waals surface area contributed by atoms with Crippen LogP contribution in [0.4, 0.5) is 0 Å². The van der Waals surface area contributed by atoms with Crippen LogP contribution in [0.25, 0.3) is 0 Å². The number of rotatable bonds is 0. The monoisotopic (exact) mass is 248 g/mol. The Morgan fingerprint density at radius 1 is 1.39 bits per heavy atom. The SMILES string of the molecule is C=C1C(=O)O[C@@H]2C[C@@]3(C)C[C@H](O)CC(=C)[C@@H]3C[C@@H]12. The molecule has 3 nitrogen and oxygen atoms in total. The summed E-state index contributed by atoms with van der Waals surface area (Å²) in [6, 6.07) is 0. The summed E-state index contributed by atoms with van der Waals surface area (Å²) in [5, 5.41) is 9.94. The minimum Gasteiger partial charge on any atom is -0.458 e. The van der Waals surface area contributed by atoms with Crippen molar-refractivity contribution in [3.05, 3.63) is 24.3 Å². The van der Waals surface area contributed by atoms with Gasteiger partial charge in [-0.3, -0.25) is 0 Å². The minimum atomic E-state index is -0.296. The lowest BCUT2D eigenvalue weighted by Gasteiger charge is -2.50. The van der Waals surface area contributed by atoms with Gasteiger partial charge < -0.3 is 9.84 Å². The first kappa shape index (κ1) is 12.0. The second-order valence-electron chi connectivity index (χ2n) is 6.44. The van der Waals surface area contributed by atoms with Crippen molar-refractivity contribution in [1.29, 1.82) is 0 Å². The standard InChI is InChI=1S/C15H20O3/c1-8-4-10(16)6-15(3)7-13-11(5-12(8)15)9(2)14(17)18-13/h10-13,16H,1-2,4-7H2,3H3/t10-,11+,12+,13-,15-/m1/s1. The van der Waals surface area contributed by atoms with Gasteiger partial charge in [0.1, 0.15) is 6.10 Å². The van der Waals surface area contributed by atoms with Gasteiger partial charge in [-0.05, 0) is 37.0 Å². The van der Waals surface area contributed by atoms with Gasteiger partial charge in [0.05, 0.1) is 6.10 Å². The lowest BCUT2D eigenvalue weighted by Crippen LogP contribution is -2.46. The van der Waals surface area contributed by atoms with Gasteiger partial charge in [-0.25, -0.2) is 4.79 Å². The van der Waals surface area contributed by atoms with Crippen molar-refractivity contribution in [2.45, 2.75) is 44.8 Å². The minimum absolute atomic E-state index is 0.0147. The molecule has 1 N–H and O–H groups in total. The molecule has 1 heterocycles. The van der Waals surface area contributed by atoms with Gasteiger partial charge in [0.15, 0.2) is 0 Å². The molecule has 3 aliphatic rings. The number of carbonyl (C=O) groups excluding carboxylic acids is 1. The molecule has 0 radical (unpaired) electrons. The van der Waals surface area contributed by atoms with E-state index in [1.807, 2.05) is 0 Å². The van der Waals surface area contributed by atoms with Gasteiger partial charge >= 0.3 is 5.97 Å². The number of ether oxygens (including phenoxy) is 1. The highest BCUT2D eigenvalue weighted by atomic mass is 16.6. The molecule has 3 heteroatoms. The van der Waals surface area contributed by atoms with Crippen LogP contribution in [-0.4, -0.2) is 23.3 Å². The van der Waals surface area contributed by atoms with Crippen LogP contribution in [0.2, 0.25) is 0 Å². The van der Waals surface area contributed by atoms with E-state index >= 15 is 0 Å². The Hall–Kier alpha value is -1.09. The molecule has 0 bridgehead atoms. The topological polar surface area (TPSA) is 46.5 Å². The van der Waals surface area contributed by atoms with E-state index in [0.717, 1.165) is 24.8 Å². The predicted octanol–water partition coefficient (Wildman–Crippen LogP) is 2.21. The molecule has 0 aromatic heterocycles. The van der Waals surface area contributed by atoms with E-state index in [1.165, 1.54) is 0 Å². The molecule has 1 aliphatic heterocycles. The van der Waals surface area contributed by atoms with E-state index < -0.39 is 0 Å². The number of aliphatic hydroxyl groups excluding tert-OH is 1. The molecule has 98 valence electrons. The van der Waals surface area contributed by atoms with Crippen molar-refractivity contribution in [1.82, 2.24) is 0 Å². The molecule has 2 saturated carbocycles. The fourth-order valence-electron chi connectivity index (χ4n) is 4.23. The molecule has 1 saturated heterocycles. The van der Waals surface area contributed by atoms with E-state index in [2.05, 4.69) is 20.1 Å². The molecule has 0 amide bonds. The Kier molecular flexibility index (Phi) is 2.46. The van der Waals surface area contributed by atoms with Crippen LogP contribution < -0.4 is 0 Å². The first-order chi connectivity index (χ1) is 8.40. The van der Waals surface area contributed by atoms with Crippen LogP contribution in [0.5, 0.6) is 0 Å². The van der Waals surface area contributed by atoms with E-state index in [-0.39, 0.29) is 29.5 Å². The second-order valence-corrected chi connectivity index (χ2v) is 6.44. The van der Waals surface area contributed by atoms with Crippen molar-refractivity contribution >= 4 is 5.97 Å². The molecule has 3 fully saturated rings. The zero-order valence-corrected chi connectivity index (χ0v) is 10.8. The molecule has 3 rings (SSSR count). The summed E-state index contributed by atoms with van der Waals surface area (Å²) in [6.07, 6.45) is 2.86. The Bertz CT molecular complexity index is 439. The third kappa shape index (κ3) is 1.57. The third-order valence-corrected chi connectivity index (χ3v) is 5.11. The van der Waals surface area contributed by atoms with Crippen molar-refractivity contribution in [3.63, 3.8) is 0 Å². The number of hydrogen-bond acceptors (Lipinski definition) is 3. The molecule has 2 aliphatic carbocycles. The van der Waals surface area contributed by atoms with E-state index in [0.29, 0.717) is 17.9 Å². The van der Waals surface area contributed by atoms with Crippen LogP contribution in [0.3, 0.4) is 0 Å². The Labute approximate surface area is 108 Å². The van der Waals surface area contributed by atoms with Crippen LogP contribution in [0.15, 0.2) is 24.3 Å². The number of esters is 1. The molecule has 0 unspecified atom stereocenters. The quantitative estimate of drug-likeness (QED) is 0.406. The summed E-state index contributed by atoms with van der Waals surface area (Å²) in [5.74, 6) is 0.300. The van der Waals surface area contributed by atoms with E-state index in [1.54, 1.807) is 0 Å². The van der Waals surface area contributed by atoms with E-state index in [9.17, 15) is 9.90 Å². The molecule has 18 heavy (non-hydrogen) atoms. The highest BCUT2D eigenvalue weighted by Gasteiger charge is 2.53. The highest BCUT2D eigenvalue weighted by Crippen LogP contribution is 2.56. The third-order valence-electron chi connectivity index (χ3n) is 5.11. The number of carbonyl (C=O) groups is 1. The van der Waals surface area contributed by atoms with Gasteiger partial charge in [0.2, 0.25) is 0 Å². The van der Waals surface area contributed by atoms with Gasteiger partial charge in [0, 0.05) is 11.5 Å². The van der Waals surface area contributed by atoms with Crippen molar-refractivity contribution < 1.29 is 14.6 Å². The predicted molar refractivity (Wildman–Crippen MR) is 67.7 cm³/mol. The van der Waals surface area contributed by atoms with E-state index in [4.69, 9.17) is 4.74 Å². The summed E-state index contributed by atoms with van der Waals surface area (Å²) < 4.78 is 5.41. The Morgan fingerprint density at radius 2 is 2.11 bits per heavy atom. The fourth-order valence-corrected chi connectivity index (χ4v) is 4.23. The zero-order chi connectivity index (χ0) is 13.1. The largest absolute Gasteiger partial charge is 0.458 e. The zero-order valence-electron chi connectivity index (χ0n) is 10.8. The van der Waals surface area contributed by atoms with Crippen molar-refractivity contribution in [2.24, 2.45) is 17.3 Å². The summed E-state index contributed by atoms with van der Waals surface area (Å²) in [7, 11) is 0. The van der Waals surface area contributed by atoms with Crippen molar-refractivity contribution in [3.8, 4) is 0 Å². The van der Waals surface area contributed by atoms with Gasteiger partial charge in [-0.15, -0.1) is 0 Å². The normalized spacial score (nSPS) is 47.6. The Balaban J connectivity index is 1.91. The molecule has 5 atom stereocenters. The average Bonchev–Trinajstić information content (AvgIpc) is 2.50. The van der Waals surface area contributed by atoms with Gasteiger partial charge in [-0.2, -0.15) is 0 Å². The molecule has 0 spiro atoms. The summed E-state index contributed by atoms with van der Waals surface area (Å²) >= 11 is 0. The first-order valence-corrected chi connectivity index (χ1v) is 6.66. The van der Waals surface area contributed by atoms with Crippen LogP contribution >= 0.6 is 0 Å². The average molecular weight is 248 g/mol. The lowest BCUT2D eigenvalue weighted by molar-refractivity contribution is -0.142. The Morgan fingerprint density at radius 3 is 2.83 bits per heavy atom. The molecular weight excluding hydrogens is 228 g/mol.